The number of hydrazine groups is 1. The minimum Gasteiger partial charge on any atom is -0.321 e. The number of benzene rings is 1. The van der Waals surface area contributed by atoms with E-state index >= 15 is 0 Å². The van der Waals surface area contributed by atoms with Crippen molar-refractivity contribution in [2.75, 3.05) is 0 Å². The molecule has 1 aliphatic rings. The first-order valence-electron chi connectivity index (χ1n) is 7.19. The molecule has 0 radical (unpaired) electrons. The summed E-state index contributed by atoms with van der Waals surface area (Å²) in [5.74, 6) is 0. The monoisotopic (exact) mass is 292 g/mol. The summed E-state index contributed by atoms with van der Waals surface area (Å²) in [7, 11) is 0. The van der Waals surface area contributed by atoms with Crippen molar-refractivity contribution in [3.05, 3.63) is 104 Å². The lowest BCUT2D eigenvalue weighted by Gasteiger charge is -2.19. The maximum Gasteiger partial charge on any atom is 0.0693 e. The number of hydrogen-bond acceptors (Lipinski definition) is 2. The average Bonchev–Trinajstić information content (AvgIpc) is 2.55. The summed E-state index contributed by atoms with van der Waals surface area (Å²) in [5.41, 5.74) is 10.7. The van der Waals surface area contributed by atoms with Gasteiger partial charge in [-0.3, -0.25) is 0 Å². The van der Waals surface area contributed by atoms with Gasteiger partial charge >= 0.3 is 0 Å². The van der Waals surface area contributed by atoms with E-state index < -0.39 is 0 Å². The first-order valence-corrected chi connectivity index (χ1v) is 7.19. The molecule has 0 spiro atoms. The third-order valence-electron chi connectivity index (χ3n) is 3.23. The van der Waals surface area contributed by atoms with Crippen LogP contribution < -0.4 is 10.9 Å². The van der Waals surface area contributed by atoms with E-state index in [9.17, 15) is 0 Å². The van der Waals surface area contributed by atoms with Crippen LogP contribution in [0.3, 0.4) is 0 Å². The van der Waals surface area contributed by atoms with E-state index in [1.54, 1.807) is 0 Å². The fourth-order valence-corrected chi connectivity index (χ4v) is 2.09. The second-order valence-corrected chi connectivity index (χ2v) is 4.59. The summed E-state index contributed by atoms with van der Waals surface area (Å²) in [6, 6.07) is 8.60. The molecule has 0 saturated heterocycles. The summed E-state index contributed by atoms with van der Waals surface area (Å²) in [6.45, 7) is 15.7. The molecule has 2 rings (SSSR count). The van der Waals surface area contributed by atoms with Crippen molar-refractivity contribution in [2.45, 2.75) is 13.0 Å². The van der Waals surface area contributed by atoms with Gasteiger partial charge in [0.1, 0.15) is 0 Å². The largest absolute Gasteiger partial charge is 0.321 e. The molecule has 0 bridgehead atoms. The van der Waals surface area contributed by atoms with Crippen LogP contribution in [0.5, 0.6) is 0 Å². The van der Waals surface area contributed by atoms with Crippen molar-refractivity contribution in [3.8, 4) is 0 Å². The first-order chi connectivity index (χ1) is 10.7. The minimum atomic E-state index is 0.114. The second kappa shape index (κ2) is 9.37. The number of allylic oxidation sites excluding steroid dienone is 6. The van der Waals surface area contributed by atoms with Crippen LogP contribution in [0.1, 0.15) is 24.1 Å². The smallest absolute Gasteiger partial charge is 0.0693 e. The standard InChI is InChI=1S/C18H20N2.C2H4/c1-4-15(5-2)16-10-12-17(13-11-16)18-9-7-6-8-14(3)19-20-18;1-2/h4-13,18-20H,1,3H2,2H3;1-2H2/b8-6-,9-7?,15-5+;. The van der Waals surface area contributed by atoms with E-state index in [-0.39, 0.29) is 6.04 Å². The maximum atomic E-state index is 3.89. The van der Waals surface area contributed by atoms with Gasteiger partial charge < -0.3 is 5.43 Å². The summed E-state index contributed by atoms with van der Waals surface area (Å²) >= 11 is 0. The lowest BCUT2D eigenvalue weighted by atomic mass is 10.0. The van der Waals surface area contributed by atoms with Gasteiger partial charge in [-0.15, -0.1) is 13.2 Å². The van der Waals surface area contributed by atoms with Crippen LogP contribution in [-0.2, 0) is 0 Å². The highest BCUT2D eigenvalue weighted by molar-refractivity contribution is 5.73. The molecule has 1 atom stereocenters. The van der Waals surface area contributed by atoms with Gasteiger partial charge in [-0.2, -0.15) is 0 Å². The Bertz CT molecular complexity index is 589. The summed E-state index contributed by atoms with van der Waals surface area (Å²) in [6.07, 6.45) is 12.0. The minimum absolute atomic E-state index is 0.114. The molecule has 0 amide bonds. The quantitative estimate of drug-likeness (QED) is 0.614. The molecule has 0 aliphatic carbocycles. The molecule has 0 aromatic heterocycles. The predicted octanol–water partition coefficient (Wildman–Crippen LogP) is 4.85. The Hall–Kier alpha value is -2.58. The Balaban J connectivity index is 0.00000116. The van der Waals surface area contributed by atoms with Gasteiger partial charge in [0.05, 0.1) is 6.04 Å². The number of rotatable bonds is 3. The highest BCUT2D eigenvalue weighted by Crippen LogP contribution is 2.20. The van der Waals surface area contributed by atoms with Gasteiger partial charge in [0, 0.05) is 5.70 Å². The molecule has 1 unspecified atom stereocenters. The van der Waals surface area contributed by atoms with Crippen LogP contribution in [0, 0.1) is 0 Å². The Kier molecular flexibility index (Phi) is 7.44. The Labute approximate surface area is 133 Å². The van der Waals surface area contributed by atoms with Crippen molar-refractivity contribution in [1.82, 2.24) is 10.9 Å². The fraction of sp³-hybridized carbons (Fsp3) is 0.100. The lowest BCUT2D eigenvalue weighted by molar-refractivity contribution is 0.551. The molecule has 1 heterocycles. The third kappa shape index (κ3) is 4.76. The van der Waals surface area contributed by atoms with E-state index in [1.165, 1.54) is 11.1 Å². The molecule has 1 aromatic rings. The predicted molar refractivity (Wildman–Crippen MR) is 98.0 cm³/mol. The maximum absolute atomic E-state index is 3.89. The van der Waals surface area contributed by atoms with E-state index in [0.29, 0.717) is 0 Å². The van der Waals surface area contributed by atoms with Crippen LogP contribution in [0.15, 0.2) is 92.7 Å². The van der Waals surface area contributed by atoms with E-state index in [4.69, 9.17) is 0 Å². The lowest BCUT2D eigenvalue weighted by Crippen LogP contribution is -2.33. The van der Waals surface area contributed by atoms with Crippen LogP contribution in [0.4, 0.5) is 0 Å². The molecule has 114 valence electrons. The van der Waals surface area contributed by atoms with Gasteiger partial charge in [-0.05, 0) is 29.7 Å². The fourth-order valence-electron chi connectivity index (χ4n) is 2.09. The van der Waals surface area contributed by atoms with Crippen molar-refractivity contribution >= 4 is 5.57 Å². The van der Waals surface area contributed by atoms with Gasteiger partial charge in [0.25, 0.3) is 0 Å². The van der Waals surface area contributed by atoms with Gasteiger partial charge in [0.2, 0.25) is 0 Å². The van der Waals surface area contributed by atoms with Crippen LogP contribution >= 0.6 is 0 Å². The average molecular weight is 292 g/mol. The molecule has 2 heteroatoms. The Morgan fingerprint density at radius 3 is 2.41 bits per heavy atom. The highest BCUT2D eigenvalue weighted by atomic mass is 15.4. The summed E-state index contributed by atoms with van der Waals surface area (Å²) in [4.78, 5) is 0. The van der Waals surface area contributed by atoms with E-state index in [1.807, 2.05) is 31.2 Å². The molecule has 1 aromatic carbocycles. The van der Waals surface area contributed by atoms with E-state index in [0.717, 1.165) is 11.3 Å². The highest BCUT2D eigenvalue weighted by Gasteiger charge is 2.08. The molecule has 0 saturated carbocycles. The van der Waals surface area contributed by atoms with Crippen molar-refractivity contribution in [1.29, 1.82) is 0 Å². The number of nitrogens with one attached hydrogen (secondary N) is 2. The van der Waals surface area contributed by atoms with Gasteiger partial charge in [0.15, 0.2) is 0 Å². The van der Waals surface area contributed by atoms with Crippen LogP contribution in [0.2, 0.25) is 0 Å². The first kappa shape index (κ1) is 17.5. The molecule has 2 nitrogen and oxygen atoms in total. The molecular formula is C20H24N2. The zero-order chi connectivity index (χ0) is 16.4. The molecule has 0 fully saturated rings. The topological polar surface area (TPSA) is 24.1 Å². The molecule has 22 heavy (non-hydrogen) atoms. The zero-order valence-corrected chi connectivity index (χ0v) is 13.2. The van der Waals surface area contributed by atoms with Crippen molar-refractivity contribution in [2.24, 2.45) is 0 Å². The number of hydrogen-bond donors (Lipinski definition) is 2. The van der Waals surface area contributed by atoms with Crippen LogP contribution in [-0.4, -0.2) is 0 Å². The van der Waals surface area contributed by atoms with Gasteiger partial charge in [-0.25, -0.2) is 5.43 Å². The summed E-state index contributed by atoms with van der Waals surface area (Å²) < 4.78 is 0. The van der Waals surface area contributed by atoms with Gasteiger partial charge in [-0.1, -0.05) is 67.8 Å². The Morgan fingerprint density at radius 2 is 1.82 bits per heavy atom. The van der Waals surface area contributed by atoms with Crippen molar-refractivity contribution in [3.63, 3.8) is 0 Å². The van der Waals surface area contributed by atoms with E-state index in [2.05, 4.69) is 73.6 Å². The summed E-state index contributed by atoms with van der Waals surface area (Å²) in [5, 5.41) is 0. The second-order valence-electron chi connectivity index (χ2n) is 4.59. The normalized spacial score (nSPS) is 19.0. The molecule has 2 N–H and O–H groups in total. The zero-order valence-electron chi connectivity index (χ0n) is 13.2. The van der Waals surface area contributed by atoms with Crippen molar-refractivity contribution < 1.29 is 0 Å². The molecule has 1 aliphatic heterocycles. The van der Waals surface area contributed by atoms with Crippen LogP contribution in [0.25, 0.3) is 5.57 Å². The Morgan fingerprint density at radius 1 is 1.14 bits per heavy atom. The third-order valence-corrected chi connectivity index (χ3v) is 3.23. The molecular weight excluding hydrogens is 268 g/mol. The SMILES string of the molecule is C=C.C=C/C(=C\C)c1ccc(C2C=C/C=C\C(=C)NN2)cc1.